The van der Waals surface area contributed by atoms with Crippen molar-refractivity contribution in [3.05, 3.63) is 84.1 Å². The van der Waals surface area contributed by atoms with Crippen LogP contribution in [0.4, 0.5) is 0 Å². The lowest BCUT2D eigenvalue weighted by Crippen LogP contribution is -2.15. The molecule has 7 nitrogen and oxygen atoms in total. The van der Waals surface area contributed by atoms with Crippen LogP contribution < -0.4 is 10.1 Å². The molecule has 7 heteroatoms. The van der Waals surface area contributed by atoms with Crippen LogP contribution in [0.15, 0.2) is 67.4 Å². The molecule has 142 valence electrons. The SMILES string of the molecule is COc1cccc(-c2[nH]ncc2CNCc2ccccc2Cn2cncn2)c1. The van der Waals surface area contributed by atoms with E-state index < -0.39 is 0 Å². The first kappa shape index (κ1) is 17.9. The van der Waals surface area contributed by atoms with Crippen molar-refractivity contribution in [2.75, 3.05) is 7.11 Å². The van der Waals surface area contributed by atoms with Crippen LogP contribution >= 0.6 is 0 Å². The van der Waals surface area contributed by atoms with Crippen LogP contribution in [0.3, 0.4) is 0 Å². The largest absolute Gasteiger partial charge is 0.497 e. The molecule has 0 amide bonds. The summed E-state index contributed by atoms with van der Waals surface area (Å²) in [5.74, 6) is 0.827. The number of aromatic nitrogens is 5. The maximum absolute atomic E-state index is 5.33. The number of rotatable bonds is 8. The van der Waals surface area contributed by atoms with Crippen molar-refractivity contribution in [2.45, 2.75) is 19.6 Å². The second kappa shape index (κ2) is 8.49. The van der Waals surface area contributed by atoms with Gasteiger partial charge in [0.15, 0.2) is 0 Å². The predicted molar refractivity (Wildman–Crippen MR) is 107 cm³/mol. The number of nitrogens with one attached hydrogen (secondary N) is 2. The lowest BCUT2D eigenvalue weighted by Gasteiger charge is -2.11. The average molecular weight is 374 g/mol. The van der Waals surface area contributed by atoms with Gasteiger partial charge in [-0.3, -0.25) is 5.10 Å². The average Bonchev–Trinajstić information content (AvgIpc) is 3.41. The molecule has 0 bridgehead atoms. The second-order valence-electron chi connectivity index (χ2n) is 6.47. The number of hydrogen-bond donors (Lipinski definition) is 2. The van der Waals surface area contributed by atoms with Gasteiger partial charge in [0.1, 0.15) is 18.4 Å². The van der Waals surface area contributed by atoms with Crippen LogP contribution in [0, 0.1) is 0 Å². The molecular weight excluding hydrogens is 352 g/mol. The number of methoxy groups -OCH3 is 1. The highest BCUT2D eigenvalue weighted by Crippen LogP contribution is 2.25. The zero-order valence-corrected chi connectivity index (χ0v) is 15.7. The van der Waals surface area contributed by atoms with Crippen molar-refractivity contribution < 1.29 is 4.74 Å². The predicted octanol–water partition coefficient (Wildman–Crippen LogP) is 3.01. The van der Waals surface area contributed by atoms with E-state index in [-0.39, 0.29) is 0 Å². The minimum atomic E-state index is 0.707. The Morgan fingerprint density at radius 2 is 1.89 bits per heavy atom. The van der Waals surface area contributed by atoms with E-state index in [4.69, 9.17) is 4.74 Å². The van der Waals surface area contributed by atoms with Gasteiger partial charge in [-0.15, -0.1) is 0 Å². The molecule has 0 atom stereocenters. The number of hydrogen-bond acceptors (Lipinski definition) is 5. The fourth-order valence-corrected chi connectivity index (χ4v) is 3.18. The van der Waals surface area contributed by atoms with E-state index in [1.165, 1.54) is 11.1 Å². The summed E-state index contributed by atoms with van der Waals surface area (Å²) in [4.78, 5) is 4.01. The van der Waals surface area contributed by atoms with E-state index in [0.717, 1.165) is 29.1 Å². The highest BCUT2D eigenvalue weighted by molar-refractivity contribution is 5.64. The van der Waals surface area contributed by atoms with E-state index in [1.54, 1.807) is 19.8 Å². The maximum atomic E-state index is 5.33. The van der Waals surface area contributed by atoms with Crippen molar-refractivity contribution in [2.24, 2.45) is 0 Å². The van der Waals surface area contributed by atoms with Gasteiger partial charge in [-0.25, -0.2) is 9.67 Å². The van der Waals surface area contributed by atoms with E-state index in [0.29, 0.717) is 13.1 Å². The zero-order valence-electron chi connectivity index (χ0n) is 15.7. The van der Waals surface area contributed by atoms with Crippen LogP contribution in [-0.2, 0) is 19.6 Å². The van der Waals surface area contributed by atoms with Gasteiger partial charge in [-0.1, -0.05) is 36.4 Å². The van der Waals surface area contributed by atoms with Crippen molar-refractivity contribution in [1.29, 1.82) is 0 Å². The fourth-order valence-electron chi connectivity index (χ4n) is 3.18. The fraction of sp³-hybridized carbons (Fsp3) is 0.190. The van der Waals surface area contributed by atoms with E-state index in [1.807, 2.05) is 41.2 Å². The summed E-state index contributed by atoms with van der Waals surface area (Å²) < 4.78 is 7.16. The molecular formula is C21H22N6O. The van der Waals surface area contributed by atoms with Crippen LogP contribution in [-0.4, -0.2) is 32.1 Å². The third kappa shape index (κ3) is 4.10. The minimum Gasteiger partial charge on any atom is -0.497 e. The molecule has 2 aromatic carbocycles. The van der Waals surface area contributed by atoms with Gasteiger partial charge in [-0.2, -0.15) is 10.2 Å². The standard InChI is InChI=1S/C21H22N6O/c1-28-20-8-4-7-16(9-20)21-19(12-24-26-21)11-22-10-17-5-2-3-6-18(17)13-27-15-23-14-25-27/h2-9,12,14-15,22H,10-11,13H2,1H3,(H,24,26). The van der Waals surface area contributed by atoms with Crippen molar-refractivity contribution in [3.8, 4) is 17.0 Å². The summed E-state index contributed by atoms with van der Waals surface area (Å²) in [6, 6.07) is 16.3. The van der Waals surface area contributed by atoms with Crippen molar-refractivity contribution >= 4 is 0 Å². The molecule has 2 heterocycles. The molecule has 4 rings (SSSR count). The zero-order chi connectivity index (χ0) is 19.2. The Morgan fingerprint density at radius 3 is 2.71 bits per heavy atom. The number of aromatic amines is 1. The highest BCUT2D eigenvalue weighted by atomic mass is 16.5. The van der Waals surface area contributed by atoms with Gasteiger partial charge in [0, 0.05) is 24.2 Å². The lowest BCUT2D eigenvalue weighted by molar-refractivity contribution is 0.415. The lowest BCUT2D eigenvalue weighted by atomic mass is 10.1. The Morgan fingerprint density at radius 1 is 1.04 bits per heavy atom. The van der Waals surface area contributed by atoms with Crippen LogP contribution in [0.1, 0.15) is 16.7 Å². The molecule has 0 saturated heterocycles. The Labute approximate surface area is 163 Å². The summed E-state index contributed by atoms with van der Waals surface area (Å²) >= 11 is 0. The van der Waals surface area contributed by atoms with Crippen LogP contribution in [0.5, 0.6) is 5.75 Å². The second-order valence-corrected chi connectivity index (χ2v) is 6.47. The number of H-pyrrole nitrogens is 1. The first-order valence-electron chi connectivity index (χ1n) is 9.10. The maximum Gasteiger partial charge on any atom is 0.137 e. The minimum absolute atomic E-state index is 0.707. The summed E-state index contributed by atoms with van der Waals surface area (Å²) in [5.41, 5.74) is 5.63. The Kier molecular flexibility index (Phi) is 5.44. The molecule has 0 fully saturated rings. The molecule has 0 saturated carbocycles. The molecule has 2 N–H and O–H groups in total. The van der Waals surface area contributed by atoms with Gasteiger partial charge < -0.3 is 10.1 Å². The van der Waals surface area contributed by atoms with Crippen LogP contribution in [0.25, 0.3) is 11.3 Å². The van der Waals surface area contributed by atoms with Gasteiger partial charge in [-0.05, 0) is 23.3 Å². The highest BCUT2D eigenvalue weighted by Gasteiger charge is 2.09. The number of benzene rings is 2. The molecule has 0 radical (unpaired) electrons. The quantitative estimate of drug-likeness (QED) is 0.496. The van der Waals surface area contributed by atoms with Crippen molar-refractivity contribution in [3.63, 3.8) is 0 Å². The summed E-state index contributed by atoms with van der Waals surface area (Å²) in [7, 11) is 1.67. The van der Waals surface area contributed by atoms with Gasteiger partial charge >= 0.3 is 0 Å². The van der Waals surface area contributed by atoms with Gasteiger partial charge in [0.2, 0.25) is 0 Å². The Hall–Kier alpha value is -3.45. The summed E-state index contributed by atoms with van der Waals surface area (Å²) in [6.45, 7) is 2.17. The van der Waals surface area contributed by atoms with Gasteiger partial charge in [0.05, 0.1) is 25.5 Å². The first-order valence-corrected chi connectivity index (χ1v) is 9.10. The molecule has 0 aliphatic carbocycles. The van der Waals surface area contributed by atoms with Crippen molar-refractivity contribution in [1.82, 2.24) is 30.3 Å². The first-order chi connectivity index (χ1) is 13.8. The molecule has 4 aromatic rings. The third-order valence-electron chi connectivity index (χ3n) is 4.62. The topological polar surface area (TPSA) is 80.6 Å². The molecule has 0 unspecified atom stereocenters. The van der Waals surface area contributed by atoms with E-state index in [2.05, 4.69) is 43.8 Å². The molecule has 0 spiro atoms. The molecule has 0 aliphatic rings. The number of ether oxygens (including phenoxy) is 1. The normalized spacial score (nSPS) is 10.9. The molecule has 0 aliphatic heterocycles. The Bertz CT molecular complexity index is 1020. The van der Waals surface area contributed by atoms with E-state index in [9.17, 15) is 0 Å². The third-order valence-corrected chi connectivity index (χ3v) is 4.62. The summed E-state index contributed by atoms with van der Waals surface area (Å²) in [6.07, 6.45) is 5.15. The summed E-state index contributed by atoms with van der Waals surface area (Å²) in [5, 5.41) is 15.0. The van der Waals surface area contributed by atoms with Gasteiger partial charge in [0.25, 0.3) is 0 Å². The van der Waals surface area contributed by atoms with Crippen LogP contribution in [0.2, 0.25) is 0 Å². The molecule has 28 heavy (non-hydrogen) atoms. The monoisotopic (exact) mass is 374 g/mol. The Balaban J connectivity index is 1.44. The smallest absolute Gasteiger partial charge is 0.137 e. The number of nitrogens with zero attached hydrogens (tertiary/aromatic N) is 4. The van der Waals surface area contributed by atoms with E-state index >= 15 is 0 Å². The molecule has 2 aromatic heterocycles.